The third kappa shape index (κ3) is 2.07. The van der Waals surface area contributed by atoms with Crippen LogP contribution in [0.4, 0.5) is 0 Å². The summed E-state index contributed by atoms with van der Waals surface area (Å²) in [6.45, 7) is 5.88. The Bertz CT molecular complexity index is 329. The van der Waals surface area contributed by atoms with Crippen LogP contribution < -0.4 is 0 Å². The Morgan fingerprint density at radius 3 is 2.08 bits per heavy atom. The van der Waals surface area contributed by atoms with Gasteiger partial charge in [-0.3, -0.25) is 9.59 Å². The van der Waals surface area contributed by atoms with E-state index >= 15 is 0 Å². The van der Waals surface area contributed by atoms with Gasteiger partial charge in [-0.1, -0.05) is 32.4 Å². The first-order valence-electron chi connectivity index (χ1n) is 4.00. The SMILES string of the molecule is CC(C)(C)C1=CC(=O)C(=O)C(Cl)=C1. The zero-order chi connectivity index (χ0) is 10.2. The maximum absolute atomic E-state index is 11.1. The van der Waals surface area contributed by atoms with Gasteiger partial charge in [-0.15, -0.1) is 0 Å². The lowest BCUT2D eigenvalue weighted by Crippen LogP contribution is -2.20. The number of carbonyl (C=O) groups is 2. The number of hydrogen-bond acceptors (Lipinski definition) is 2. The molecule has 0 amide bonds. The van der Waals surface area contributed by atoms with Crippen molar-refractivity contribution in [1.29, 1.82) is 0 Å². The minimum Gasteiger partial charge on any atom is -0.286 e. The summed E-state index contributed by atoms with van der Waals surface area (Å²) in [7, 11) is 0. The number of hydrogen-bond donors (Lipinski definition) is 0. The van der Waals surface area contributed by atoms with Crippen molar-refractivity contribution in [3.8, 4) is 0 Å². The van der Waals surface area contributed by atoms with Crippen LogP contribution in [0.1, 0.15) is 20.8 Å². The molecule has 1 rings (SSSR count). The van der Waals surface area contributed by atoms with Crippen molar-refractivity contribution in [2.75, 3.05) is 0 Å². The summed E-state index contributed by atoms with van der Waals surface area (Å²) in [6, 6.07) is 0. The Kier molecular flexibility index (Phi) is 2.44. The van der Waals surface area contributed by atoms with E-state index < -0.39 is 11.6 Å². The number of ketones is 2. The molecule has 0 heterocycles. The van der Waals surface area contributed by atoms with Gasteiger partial charge in [0.15, 0.2) is 0 Å². The lowest BCUT2D eigenvalue weighted by Gasteiger charge is -2.22. The highest BCUT2D eigenvalue weighted by Gasteiger charge is 2.26. The van der Waals surface area contributed by atoms with Gasteiger partial charge in [0.05, 0.1) is 5.03 Å². The molecular formula is C10H11ClO2. The Morgan fingerprint density at radius 2 is 1.69 bits per heavy atom. The molecule has 3 heteroatoms. The van der Waals surface area contributed by atoms with Crippen molar-refractivity contribution in [3.05, 3.63) is 22.8 Å². The fourth-order valence-electron chi connectivity index (χ4n) is 1.00. The molecule has 0 fully saturated rings. The largest absolute Gasteiger partial charge is 0.286 e. The number of halogens is 1. The van der Waals surface area contributed by atoms with E-state index in [1.165, 1.54) is 6.08 Å². The normalized spacial score (nSPS) is 18.5. The molecule has 0 radical (unpaired) electrons. The first kappa shape index (κ1) is 10.2. The van der Waals surface area contributed by atoms with Crippen molar-refractivity contribution in [1.82, 2.24) is 0 Å². The van der Waals surface area contributed by atoms with E-state index in [0.29, 0.717) is 0 Å². The number of Topliss-reactive ketones (excluding diaryl/α,β-unsaturated/α-hetero) is 1. The summed E-state index contributed by atoms with van der Waals surface area (Å²) in [5.41, 5.74) is 0.637. The van der Waals surface area contributed by atoms with Crippen LogP contribution in [0, 0.1) is 5.41 Å². The van der Waals surface area contributed by atoms with E-state index in [4.69, 9.17) is 11.6 Å². The average Bonchev–Trinajstić information content (AvgIpc) is 1.97. The molecule has 70 valence electrons. The summed E-state index contributed by atoms with van der Waals surface area (Å²) in [4.78, 5) is 22.1. The molecular weight excluding hydrogens is 188 g/mol. The molecule has 0 aromatic carbocycles. The van der Waals surface area contributed by atoms with Gasteiger partial charge >= 0.3 is 0 Å². The second-order valence-electron chi connectivity index (χ2n) is 4.04. The van der Waals surface area contributed by atoms with E-state index in [1.54, 1.807) is 6.08 Å². The zero-order valence-electron chi connectivity index (χ0n) is 7.85. The minimum atomic E-state index is -0.616. The third-order valence-electron chi connectivity index (χ3n) is 1.88. The summed E-state index contributed by atoms with van der Waals surface area (Å²) in [5, 5.41) is 0.0115. The minimum absolute atomic E-state index is 0.0115. The Morgan fingerprint density at radius 1 is 1.15 bits per heavy atom. The van der Waals surface area contributed by atoms with Gasteiger partial charge in [0.2, 0.25) is 11.6 Å². The Hall–Kier alpha value is -0.890. The van der Waals surface area contributed by atoms with E-state index in [-0.39, 0.29) is 10.4 Å². The second-order valence-corrected chi connectivity index (χ2v) is 4.44. The molecule has 0 saturated heterocycles. The molecule has 1 aliphatic rings. The summed E-state index contributed by atoms with van der Waals surface area (Å²) >= 11 is 5.61. The topological polar surface area (TPSA) is 34.1 Å². The molecule has 0 aromatic heterocycles. The molecule has 0 atom stereocenters. The highest BCUT2D eigenvalue weighted by molar-refractivity contribution is 6.60. The van der Waals surface area contributed by atoms with Crippen LogP contribution in [0.2, 0.25) is 0 Å². The Balaban J connectivity index is 3.12. The maximum Gasteiger partial charge on any atom is 0.244 e. The Labute approximate surface area is 82.3 Å². The lowest BCUT2D eigenvalue weighted by molar-refractivity contribution is -0.131. The van der Waals surface area contributed by atoms with Crippen LogP contribution in [0.5, 0.6) is 0 Å². The summed E-state index contributed by atoms with van der Waals surface area (Å²) in [5.74, 6) is -1.15. The van der Waals surface area contributed by atoms with Gasteiger partial charge in [-0.2, -0.15) is 0 Å². The highest BCUT2D eigenvalue weighted by Crippen LogP contribution is 2.30. The van der Waals surface area contributed by atoms with Crippen LogP contribution >= 0.6 is 11.6 Å². The van der Waals surface area contributed by atoms with Gasteiger partial charge in [-0.25, -0.2) is 0 Å². The molecule has 13 heavy (non-hydrogen) atoms. The number of carbonyl (C=O) groups excluding carboxylic acids is 2. The van der Waals surface area contributed by atoms with Crippen LogP contribution in [0.25, 0.3) is 0 Å². The van der Waals surface area contributed by atoms with Crippen LogP contribution in [-0.4, -0.2) is 11.6 Å². The van der Waals surface area contributed by atoms with E-state index in [0.717, 1.165) is 5.57 Å². The third-order valence-corrected chi connectivity index (χ3v) is 2.16. The molecule has 2 nitrogen and oxygen atoms in total. The van der Waals surface area contributed by atoms with Crippen LogP contribution in [-0.2, 0) is 9.59 Å². The maximum atomic E-state index is 11.1. The molecule has 0 unspecified atom stereocenters. The van der Waals surface area contributed by atoms with E-state index in [1.807, 2.05) is 20.8 Å². The first-order valence-corrected chi connectivity index (χ1v) is 4.38. The predicted octanol–water partition coefficient (Wildman–Crippen LogP) is 2.23. The lowest BCUT2D eigenvalue weighted by atomic mass is 9.83. The monoisotopic (exact) mass is 198 g/mol. The van der Waals surface area contributed by atoms with Crippen molar-refractivity contribution in [3.63, 3.8) is 0 Å². The zero-order valence-corrected chi connectivity index (χ0v) is 8.61. The van der Waals surface area contributed by atoms with Gasteiger partial charge in [0.1, 0.15) is 0 Å². The molecule has 0 aromatic rings. The fraction of sp³-hybridized carbons (Fsp3) is 0.400. The van der Waals surface area contributed by atoms with Crippen LogP contribution in [0.15, 0.2) is 22.8 Å². The van der Waals surface area contributed by atoms with E-state index in [2.05, 4.69) is 0 Å². The average molecular weight is 199 g/mol. The first-order chi connectivity index (χ1) is 5.82. The molecule has 0 N–H and O–H groups in total. The number of rotatable bonds is 0. The van der Waals surface area contributed by atoms with Gasteiger partial charge < -0.3 is 0 Å². The summed E-state index contributed by atoms with van der Waals surface area (Å²) < 4.78 is 0. The predicted molar refractivity (Wildman–Crippen MR) is 51.5 cm³/mol. The second kappa shape index (κ2) is 3.11. The van der Waals surface area contributed by atoms with Crippen molar-refractivity contribution >= 4 is 23.2 Å². The molecule has 0 aliphatic heterocycles. The van der Waals surface area contributed by atoms with Crippen molar-refractivity contribution in [2.24, 2.45) is 5.41 Å². The van der Waals surface area contributed by atoms with Crippen LogP contribution in [0.3, 0.4) is 0 Å². The van der Waals surface area contributed by atoms with Crippen molar-refractivity contribution in [2.45, 2.75) is 20.8 Å². The van der Waals surface area contributed by atoms with Crippen molar-refractivity contribution < 1.29 is 9.59 Å². The van der Waals surface area contributed by atoms with Gasteiger partial charge in [0, 0.05) is 0 Å². The smallest absolute Gasteiger partial charge is 0.244 e. The molecule has 1 aliphatic carbocycles. The molecule has 0 spiro atoms. The summed E-state index contributed by atoms with van der Waals surface area (Å²) in [6.07, 6.45) is 2.92. The molecule has 0 bridgehead atoms. The number of allylic oxidation sites excluding steroid dienone is 4. The quantitative estimate of drug-likeness (QED) is 0.442. The molecule has 0 saturated carbocycles. The standard InChI is InChI=1S/C10H11ClO2/c1-10(2,3)6-4-7(11)9(13)8(12)5-6/h4-5H,1-3H3. The van der Waals surface area contributed by atoms with Gasteiger partial charge in [-0.05, 0) is 23.1 Å². The fourth-order valence-corrected chi connectivity index (χ4v) is 1.21. The van der Waals surface area contributed by atoms with E-state index in [9.17, 15) is 9.59 Å². The highest BCUT2D eigenvalue weighted by atomic mass is 35.5. The van der Waals surface area contributed by atoms with Gasteiger partial charge in [0.25, 0.3) is 0 Å².